The Morgan fingerprint density at radius 2 is 1.76 bits per heavy atom. The molecule has 0 aliphatic carbocycles. The van der Waals surface area contributed by atoms with Crippen LogP contribution in [0, 0.1) is 0 Å². The summed E-state index contributed by atoms with van der Waals surface area (Å²) < 4.78 is 31.7. The standard InChI is InChI=1S/C29H38N8O3S/c1-2-37-25(20-34-10-12-35(13-11-34)21-7-18-41(38,39)19-8-21)31-26-28(36-14-16-40-17-15-36)32-27(33-29(26)37)23-4-3-5-24-22(23)6-9-30-24/h3-6,9,21,30H,2,7-8,10-20H2,1H3. The molecule has 12 heteroatoms. The smallest absolute Gasteiger partial charge is 0.166 e. The topological polar surface area (TPSA) is 112 Å². The average Bonchev–Trinajstić information content (AvgIpc) is 3.62. The Bertz CT molecular complexity index is 1640. The molecule has 218 valence electrons. The van der Waals surface area contributed by atoms with Gasteiger partial charge in [0.05, 0.1) is 31.3 Å². The zero-order valence-corrected chi connectivity index (χ0v) is 24.4. The van der Waals surface area contributed by atoms with Gasteiger partial charge in [0.1, 0.15) is 15.7 Å². The minimum Gasteiger partial charge on any atom is -0.378 e. The number of aryl methyl sites for hydroxylation is 1. The zero-order chi connectivity index (χ0) is 28.0. The summed E-state index contributed by atoms with van der Waals surface area (Å²) in [5.74, 6) is 3.26. The normalized spacial score (nSPS) is 21.2. The van der Waals surface area contributed by atoms with Crippen LogP contribution in [0.1, 0.15) is 25.6 Å². The molecule has 0 atom stereocenters. The summed E-state index contributed by atoms with van der Waals surface area (Å²) in [6, 6.07) is 8.68. The first-order chi connectivity index (χ1) is 20.0. The van der Waals surface area contributed by atoms with Crippen molar-refractivity contribution >= 4 is 37.7 Å². The van der Waals surface area contributed by atoms with Crippen LogP contribution in [0.2, 0.25) is 0 Å². The number of rotatable bonds is 6. The minimum atomic E-state index is -2.84. The Hall–Kier alpha value is -3.06. The molecule has 0 saturated carbocycles. The van der Waals surface area contributed by atoms with E-state index < -0.39 is 9.84 Å². The number of anilines is 1. The summed E-state index contributed by atoms with van der Waals surface area (Å²) in [5.41, 5.74) is 3.81. The van der Waals surface area contributed by atoms with Crippen molar-refractivity contribution in [3.05, 3.63) is 36.3 Å². The van der Waals surface area contributed by atoms with Crippen LogP contribution in [0.15, 0.2) is 30.5 Å². The van der Waals surface area contributed by atoms with Crippen LogP contribution in [0.4, 0.5) is 5.82 Å². The van der Waals surface area contributed by atoms with Gasteiger partial charge in [0, 0.05) is 74.5 Å². The lowest BCUT2D eigenvalue weighted by Gasteiger charge is -2.40. The fraction of sp³-hybridized carbons (Fsp3) is 0.552. The van der Waals surface area contributed by atoms with Crippen LogP contribution in [-0.2, 0) is 27.7 Å². The first kappa shape index (κ1) is 26.8. The van der Waals surface area contributed by atoms with Crippen molar-refractivity contribution in [1.82, 2.24) is 34.3 Å². The lowest BCUT2D eigenvalue weighted by Crippen LogP contribution is -2.51. The Labute approximate surface area is 240 Å². The monoisotopic (exact) mass is 578 g/mol. The van der Waals surface area contributed by atoms with Crippen LogP contribution in [0.5, 0.6) is 0 Å². The third-order valence-corrected chi connectivity index (χ3v) is 10.6. The number of nitrogens with zero attached hydrogens (tertiary/aromatic N) is 7. The van der Waals surface area contributed by atoms with Gasteiger partial charge in [-0.1, -0.05) is 12.1 Å². The lowest BCUT2D eigenvalue weighted by molar-refractivity contribution is 0.0853. The van der Waals surface area contributed by atoms with Crippen LogP contribution in [0.3, 0.4) is 0 Å². The van der Waals surface area contributed by atoms with Gasteiger partial charge < -0.3 is 19.2 Å². The van der Waals surface area contributed by atoms with Crippen LogP contribution in [0.25, 0.3) is 33.5 Å². The highest BCUT2D eigenvalue weighted by Gasteiger charge is 2.31. The largest absolute Gasteiger partial charge is 0.378 e. The van der Waals surface area contributed by atoms with Crippen molar-refractivity contribution in [3.8, 4) is 11.4 Å². The molecule has 6 heterocycles. The van der Waals surface area contributed by atoms with E-state index in [9.17, 15) is 8.42 Å². The van der Waals surface area contributed by atoms with E-state index in [0.29, 0.717) is 36.6 Å². The second-order valence-corrected chi connectivity index (χ2v) is 13.7. The van der Waals surface area contributed by atoms with Crippen molar-refractivity contribution < 1.29 is 13.2 Å². The highest BCUT2D eigenvalue weighted by Crippen LogP contribution is 2.32. The maximum Gasteiger partial charge on any atom is 0.166 e. The summed E-state index contributed by atoms with van der Waals surface area (Å²) in [5, 5.41) is 1.11. The highest BCUT2D eigenvalue weighted by atomic mass is 32.2. The van der Waals surface area contributed by atoms with Crippen LogP contribution in [-0.4, -0.2) is 113 Å². The molecule has 0 bridgehead atoms. The van der Waals surface area contributed by atoms with Crippen molar-refractivity contribution in [2.45, 2.75) is 38.9 Å². The molecule has 0 radical (unpaired) electrons. The van der Waals surface area contributed by atoms with Gasteiger partial charge in [-0.3, -0.25) is 9.80 Å². The van der Waals surface area contributed by atoms with Gasteiger partial charge in [-0.25, -0.2) is 23.4 Å². The summed E-state index contributed by atoms with van der Waals surface area (Å²) in [7, 11) is -2.84. The predicted molar refractivity (Wildman–Crippen MR) is 160 cm³/mol. The third-order valence-electron chi connectivity index (χ3n) is 8.93. The number of benzene rings is 1. The Morgan fingerprint density at radius 1 is 0.976 bits per heavy atom. The number of nitrogens with one attached hydrogen (secondary N) is 1. The number of hydrogen-bond acceptors (Lipinski definition) is 9. The van der Waals surface area contributed by atoms with Gasteiger partial charge in [-0.05, 0) is 31.9 Å². The molecule has 7 rings (SSSR count). The van der Waals surface area contributed by atoms with Crippen molar-refractivity contribution in [3.63, 3.8) is 0 Å². The molecule has 3 saturated heterocycles. The lowest BCUT2D eigenvalue weighted by atomic mass is 10.1. The second kappa shape index (κ2) is 11.0. The Balaban J connectivity index is 1.19. The number of aromatic nitrogens is 5. The van der Waals surface area contributed by atoms with E-state index in [-0.39, 0.29) is 0 Å². The number of morpholine rings is 1. The first-order valence-corrected chi connectivity index (χ1v) is 16.6. The fourth-order valence-electron chi connectivity index (χ4n) is 6.61. The number of fused-ring (bicyclic) bond motifs is 2. The van der Waals surface area contributed by atoms with E-state index in [1.54, 1.807) is 0 Å². The van der Waals surface area contributed by atoms with Gasteiger partial charge in [0.25, 0.3) is 0 Å². The molecule has 4 aromatic rings. The van der Waals surface area contributed by atoms with Crippen LogP contribution < -0.4 is 4.90 Å². The molecule has 3 aliphatic rings. The molecule has 41 heavy (non-hydrogen) atoms. The first-order valence-electron chi connectivity index (χ1n) is 14.8. The molecule has 0 spiro atoms. The van der Waals surface area contributed by atoms with Crippen molar-refractivity contribution in [2.24, 2.45) is 0 Å². The Kier molecular flexibility index (Phi) is 7.18. The molecule has 11 nitrogen and oxygen atoms in total. The van der Waals surface area contributed by atoms with E-state index >= 15 is 0 Å². The molecular formula is C29H38N8O3S. The third kappa shape index (κ3) is 5.22. The van der Waals surface area contributed by atoms with Gasteiger partial charge in [0.2, 0.25) is 0 Å². The summed E-state index contributed by atoms with van der Waals surface area (Å²) >= 11 is 0. The van der Waals surface area contributed by atoms with E-state index in [1.807, 2.05) is 12.3 Å². The molecule has 3 fully saturated rings. The van der Waals surface area contributed by atoms with Gasteiger partial charge >= 0.3 is 0 Å². The summed E-state index contributed by atoms with van der Waals surface area (Å²) in [4.78, 5) is 26.0. The second-order valence-electron chi connectivity index (χ2n) is 11.4. The maximum absolute atomic E-state index is 11.9. The van der Waals surface area contributed by atoms with Crippen molar-refractivity contribution in [2.75, 3.05) is 68.9 Å². The molecule has 0 unspecified atom stereocenters. The molecule has 1 aromatic carbocycles. The average molecular weight is 579 g/mol. The SMILES string of the molecule is CCn1c(CN2CCN(C3CCS(=O)(=O)CC3)CC2)nc2c(N3CCOCC3)nc(-c3cccc4[nH]ccc34)nc21. The number of piperazine rings is 1. The molecular weight excluding hydrogens is 540 g/mol. The van der Waals surface area contributed by atoms with Gasteiger partial charge in [-0.15, -0.1) is 0 Å². The van der Waals surface area contributed by atoms with E-state index in [4.69, 9.17) is 19.7 Å². The molecule has 0 amide bonds. The number of H-pyrrole nitrogens is 1. The number of imidazole rings is 1. The van der Waals surface area contributed by atoms with Gasteiger partial charge in [0.15, 0.2) is 22.8 Å². The number of aromatic amines is 1. The zero-order valence-electron chi connectivity index (χ0n) is 23.6. The number of ether oxygens (including phenoxy) is 1. The molecule has 3 aromatic heterocycles. The van der Waals surface area contributed by atoms with E-state index in [0.717, 1.165) is 104 Å². The number of hydrogen-bond donors (Lipinski definition) is 1. The van der Waals surface area contributed by atoms with Crippen molar-refractivity contribution in [1.29, 1.82) is 0 Å². The van der Waals surface area contributed by atoms with Crippen LogP contribution >= 0.6 is 0 Å². The molecule has 1 N–H and O–H groups in total. The minimum absolute atomic E-state index is 0.325. The summed E-state index contributed by atoms with van der Waals surface area (Å²) in [6.45, 7) is 10.4. The van der Waals surface area contributed by atoms with Gasteiger partial charge in [-0.2, -0.15) is 0 Å². The maximum atomic E-state index is 11.9. The summed E-state index contributed by atoms with van der Waals surface area (Å²) in [6.07, 6.45) is 3.48. The Morgan fingerprint density at radius 3 is 2.51 bits per heavy atom. The highest BCUT2D eigenvalue weighted by molar-refractivity contribution is 7.91. The molecule has 3 aliphatic heterocycles. The van der Waals surface area contributed by atoms with E-state index in [2.05, 4.69) is 49.4 Å². The number of sulfone groups is 1. The fourth-order valence-corrected chi connectivity index (χ4v) is 8.08. The quantitative estimate of drug-likeness (QED) is 0.369. The van der Waals surface area contributed by atoms with E-state index in [1.165, 1.54) is 0 Å². The predicted octanol–water partition coefficient (Wildman–Crippen LogP) is 2.53.